The zero-order valence-electron chi connectivity index (χ0n) is 16.7. The number of halogens is 1. The molecule has 3 rings (SSSR count). The fraction of sp³-hybridized carbons (Fsp3) is 0.400. The SMILES string of the molecule is COc1cc2c(NC(C)c3cc(Br)cs3)nc(C)nc2cc1OCCOCCN. The molecule has 0 amide bonds. The first-order chi connectivity index (χ1) is 14.0. The highest BCUT2D eigenvalue weighted by Crippen LogP contribution is 2.36. The topological polar surface area (TPSA) is 91.5 Å². The van der Waals surface area contributed by atoms with E-state index in [0.717, 1.165) is 21.2 Å². The first-order valence-corrected chi connectivity index (χ1v) is 11.0. The van der Waals surface area contributed by atoms with Gasteiger partial charge in [-0.15, -0.1) is 11.3 Å². The number of aromatic nitrogens is 2. The fourth-order valence-corrected chi connectivity index (χ4v) is 4.32. The number of anilines is 1. The molecule has 156 valence electrons. The molecule has 0 fully saturated rings. The predicted molar refractivity (Wildman–Crippen MR) is 120 cm³/mol. The number of benzene rings is 1. The van der Waals surface area contributed by atoms with Crippen LogP contribution in [0.25, 0.3) is 10.9 Å². The Labute approximate surface area is 182 Å². The average Bonchev–Trinajstić information content (AvgIpc) is 3.13. The van der Waals surface area contributed by atoms with Crippen molar-refractivity contribution in [3.63, 3.8) is 0 Å². The molecule has 3 N–H and O–H groups in total. The number of aryl methyl sites for hydroxylation is 1. The quantitative estimate of drug-likeness (QED) is 0.417. The largest absolute Gasteiger partial charge is 0.493 e. The van der Waals surface area contributed by atoms with Crippen molar-refractivity contribution in [1.29, 1.82) is 0 Å². The smallest absolute Gasteiger partial charge is 0.163 e. The lowest BCUT2D eigenvalue weighted by Crippen LogP contribution is -2.13. The summed E-state index contributed by atoms with van der Waals surface area (Å²) in [7, 11) is 1.62. The number of nitrogens with zero attached hydrogens (tertiary/aromatic N) is 2. The molecule has 3 aromatic rings. The van der Waals surface area contributed by atoms with E-state index in [1.807, 2.05) is 19.1 Å². The van der Waals surface area contributed by atoms with Gasteiger partial charge in [0.1, 0.15) is 18.2 Å². The van der Waals surface area contributed by atoms with Crippen LogP contribution in [0.15, 0.2) is 28.1 Å². The van der Waals surface area contributed by atoms with Crippen LogP contribution in [-0.2, 0) is 4.74 Å². The molecule has 9 heteroatoms. The number of ether oxygens (including phenoxy) is 3. The van der Waals surface area contributed by atoms with E-state index >= 15 is 0 Å². The van der Waals surface area contributed by atoms with Crippen LogP contribution < -0.4 is 20.5 Å². The van der Waals surface area contributed by atoms with Gasteiger partial charge in [-0.25, -0.2) is 9.97 Å². The molecule has 0 saturated heterocycles. The van der Waals surface area contributed by atoms with Gasteiger partial charge < -0.3 is 25.3 Å². The first kappa shape index (κ1) is 21.8. The van der Waals surface area contributed by atoms with Gasteiger partial charge in [0.2, 0.25) is 0 Å². The molecule has 0 spiro atoms. The Hall–Kier alpha value is -1.94. The monoisotopic (exact) mass is 480 g/mol. The second-order valence-corrected chi connectivity index (χ2v) is 8.28. The van der Waals surface area contributed by atoms with Gasteiger partial charge in [-0.3, -0.25) is 0 Å². The minimum atomic E-state index is 0.102. The summed E-state index contributed by atoms with van der Waals surface area (Å²) in [5.74, 6) is 2.69. The molecule has 1 atom stereocenters. The van der Waals surface area contributed by atoms with Gasteiger partial charge in [0.05, 0.1) is 31.9 Å². The summed E-state index contributed by atoms with van der Waals surface area (Å²) in [6.45, 7) is 5.86. The number of thiophene rings is 1. The third-order valence-electron chi connectivity index (χ3n) is 4.21. The van der Waals surface area contributed by atoms with Crippen molar-refractivity contribution >= 4 is 44.0 Å². The number of nitrogens with one attached hydrogen (secondary N) is 1. The zero-order valence-corrected chi connectivity index (χ0v) is 19.1. The normalized spacial score (nSPS) is 12.2. The molecule has 2 heterocycles. The summed E-state index contributed by atoms with van der Waals surface area (Å²) in [5, 5.41) is 6.45. The third kappa shape index (κ3) is 5.57. The Kier molecular flexibility index (Phi) is 7.65. The van der Waals surface area contributed by atoms with Crippen LogP contribution in [-0.4, -0.2) is 43.4 Å². The van der Waals surface area contributed by atoms with Crippen LogP contribution in [0.5, 0.6) is 11.5 Å². The lowest BCUT2D eigenvalue weighted by atomic mass is 10.2. The van der Waals surface area contributed by atoms with Crippen molar-refractivity contribution in [2.45, 2.75) is 19.9 Å². The molecule has 0 saturated carbocycles. The Morgan fingerprint density at radius 2 is 2.00 bits per heavy atom. The molecule has 1 aromatic carbocycles. The maximum Gasteiger partial charge on any atom is 0.163 e. The van der Waals surface area contributed by atoms with Gasteiger partial charge in [0.15, 0.2) is 11.5 Å². The second kappa shape index (κ2) is 10.2. The minimum Gasteiger partial charge on any atom is -0.493 e. The molecule has 0 aliphatic rings. The summed E-state index contributed by atoms with van der Waals surface area (Å²) in [6, 6.07) is 6.00. The maximum absolute atomic E-state index is 5.84. The Bertz CT molecular complexity index is 966. The Morgan fingerprint density at radius 1 is 1.17 bits per heavy atom. The Balaban J connectivity index is 1.87. The van der Waals surface area contributed by atoms with E-state index in [1.54, 1.807) is 18.4 Å². The molecule has 0 aliphatic heterocycles. The van der Waals surface area contributed by atoms with Crippen molar-refractivity contribution in [2.24, 2.45) is 5.73 Å². The standard InChI is InChI=1S/C20H25BrN4O3S/c1-12(19-8-14(21)11-29-19)23-20-15-9-17(26-3)18(28-7-6-27-5-4-22)10-16(15)24-13(2)25-20/h8-12H,4-7,22H2,1-3H3,(H,23,24,25). The molecular formula is C20H25BrN4O3S. The molecule has 0 aliphatic carbocycles. The molecule has 2 aromatic heterocycles. The van der Waals surface area contributed by atoms with Gasteiger partial charge in [0.25, 0.3) is 0 Å². The maximum atomic E-state index is 5.84. The number of fused-ring (bicyclic) bond motifs is 1. The van der Waals surface area contributed by atoms with Crippen LogP contribution in [0.3, 0.4) is 0 Å². The van der Waals surface area contributed by atoms with Gasteiger partial charge in [0, 0.05) is 32.7 Å². The lowest BCUT2D eigenvalue weighted by molar-refractivity contribution is 0.105. The van der Waals surface area contributed by atoms with Crippen molar-refractivity contribution < 1.29 is 14.2 Å². The number of hydrogen-bond donors (Lipinski definition) is 2. The van der Waals surface area contributed by atoms with E-state index < -0.39 is 0 Å². The summed E-state index contributed by atoms with van der Waals surface area (Å²) in [6.07, 6.45) is 0. The van der Waals surface area contributed by atoms with Crippen LogP contribution in [0.1, 0.15) is 23.7 Å². The van der Waals surface area contributed by atoms with Crippen LogP contribution in [0.4, 0.5) is 5.82 Å². The van der Waals surface area contributed by atoms with Crippen molar-refractivity contribution in [1.82, 2.24) is 9.97 Å². The summed E-state index contributed by atoms with van der Waals surface area (Å²) in [5.41, 5.74) is 6.21. The van der Waals surface area contributed by atoms with Crippen molar-refractivity contribution in [3.8, 4) is 11.5 Å². The van der Waals surface area contributed by atoms with Crippen LogP contribution >= 0.6 is 27.3 Å². The molecule has 29 heavy (non-hydrogen) atoms. The molecule has 0 bridgehead atoms. The highest BCUT2D eigenvalue weighted by molar-refractivity contribution is 9.10. The highest BCUT2D eigenvalue weighted by atomic mass is 79.9. The number of rotatable bonds is 10. The van der Waals surface area contributed by atoms with Gasteiger partial charge >= 0.3 is 0 Å². The first-order valence-electron chi connectivity index (χ1n) is 9.29. The lowest BCUT2D eigenvalue weighted by Gasteiger charge is -2.17. The van der Waals surface area contributed by atoms with Crippen LogP contribution in [0.2, 0.25) is 0 Å². The average molecular weight is 481 g/mol. The predicted octanol–water partition coefficient (Wildman–Crippen LogP) is 4.30. The van der Waals surface area contributed by atoms with E-state index in [-0.39, 0.29) is 6.04 Å². The number of methoxy groups -OCH3 is 1. The fourth-order valence-electron chi connectivity index (χ4n) is 2.86. The highest BCUT2D eigenvalue weighted by Gasteiger charge is 2.16. The van der Waals surface area contributed by atoms with Crippen molar-refractivity contribution in [2.75, 3.05) is 38.8 Å². The molecular weight excluding hydrogens is 456 g/mol. The van der Waals surface area contributed by atoms with E-state index in [0.29, 0.717) is 43.7 Å². The molecule has 1 unspecified atom stereocenters. The van der Waals surface area contributed by atoms with Gasteiger partial charge in [-0.2, -0.15) is 0 Å². The number of hydrogen-bond acceptors (Lipinski definition) is 8. The zero-order chi connectivity index (χ0) is 20.8. The summed E-state index contributed by atoms with van der Waals surface area (Å²) < 4.78 is 17.8. The molecule has 7 nitrogen and oxygen atoms in total. The summed E-state index contributed by atoms with van der Waals surface area (Å²) in [4.78, 5) is 10.4. The van der Waals surface area contributed by atoms with Crippen molar-refractivity contribution in [3.05, 3.63) is 38.8 Å². The second-order valence-electron chi connectivity index (χ2n) is 6.42. The van der Waals surface area contributed by atoms with E-state index in [2.05, 4.69) is 49.6 Å². The summed E-state index contributed by atoms with van der Waals surface area (Å²) >= 11 is 5.20. The Morgan fingerprint density at radius 3 is 2.69 bits per heavy atom. The van der Waals surface area contributed by atoms with Gasteiger partial charge in [-0.05, 0) is 41.9 Å². The van der Waals surface area contributed by atoms with Gasteiger partial charge in [-0.1, -0.05) is 0 Å². The van der Waals surface area contributed by atoms with Crippen LogP contribution in [0, 0.1) is 6.92 Å². The van der Waals surface area contributed by atoms with E-state index in [4.69, 9.17) is 19.9 Å². The van der Waals surface area contributed by atoms with E-state index in [9.17, 15) is 0 Å². The minimum absolute atomic E-state index is 0.102. The number of nitrogens with two attached hydrogens (primary N) is 1. The molecule has 0 radical (unpaired) electrons. The third-order valence-corrected chi connectivity index (χ3v) is 6.08. The van der Waals surface area contributed by atoms with E-state index in [1.165, 1.54) is 4.88 Å².